The number of ether oxygens (including phenoxy) is 1. The number of carboxylic acid groups (broad SMARTS) is 1. The first kappa shape index (κ1) is 15.2. The molecule has 1 aliphatic rings. The molecule has 1 heterocycles. The Balaban J connectivity index is 2.01. The van der Waals surface area contributed by atoms with Gasteiger partial charge in [0.2, 0.25) is 0 Å². The Kier molecular flexibility index (Phi) is 4.74. The van der Waals surface area contributed by atoms with Crippen molar-refractivity contribution < 1.29 is 23.8 Å². The number of rotatable bonds is 3. The summed E-state index contributed by atoms with van der Waals surface area (Å²) in [5, 5.41) is 11.3. The number of para-hydroxylation sites is 1. The number of nitrogens with zero attached hydrogens (tertiary/aromatic N) is 1. The summed E-state index contributed by atoms with van der Waals surface area (Å²) in [5.74, 6) is -1.48. The van der Waals surface area contributed by atoms with Crippen LogP contribution >= 0.6 is 0 Å². The van der Waals surface area contributed by atoms with E-state index in [0.717, 1.165) is 0 Å². The number of halogens is 1. The number of amides is 2. The fourth-order valence-corrected chi connectivity index (χ4v) is 2.20. The molecule has 114 valence electrons. The molecule has 0 spiro atoms. The molecule has 6 nitrogen and oxygen atoms in total. The number of hydrogen-bond donors (Lipinski definition) is 2. The van der Waals surface area contributed by atoms with E-state index in [2.05, 4.69) is 5.32 Å². The summed E-state index contributed by atoms with van der Waals surface area (Å²) in [5.41, 5.74) is 0.766. The number of carbonyl (C=O) groups excluding carboxylic acids is 1. The first-order valence-corrected chi connectivity index (χ1v) is 6.62. The fourth-order valence-electron chi connectivity index (χ4n) is 2.20. The molecule has 21 heavy (non-hydrogen) atoms. The summed E-state index contributed by atoms with van der Waals surface area (Å²) in [4.78, 5) is 24.3. The molecule has 1 aliphatic heterocycles. The van der Waals surface area contributed by atoms with Crippen LogP contribution in [0.25, 0.3) is 0 Å². The second-order valence-electron chi connectivity index (χ2n) is 4.90. The summed E-state index contributed by atoms with van der Waals surface area (Å²) in [6.07, 6.45) is -0.702. The third kappa shape index (κ3) is 3.91. The average Bonchev–Trinajstić information content (AvgIpc) is 2.42. The minimum atomic E-state index is -0.979. The van der Waals surface area contributed by atoms with E-state index in [1.165, 1.54) is 11.0 Å². The van der Waals surface area contributed by atoms with Gasteiger partial charge < -0.3 is 20.1 Å². The van der Waals surface area contributed by atoms with Gasteiger partial charge in [0, 0.05) is 13.1 Å². The molecule has 2 amide bonds. The van der Waals surface area contributed by atoms with Crippen LogP contribution < -0.4 is 5.32 Å². The van der Waals surface area contributed by atoms with E-state index in [-0.39, 0.29) is 25.3 Å². The highest BCUT2D eigenvalue weighted by atomic mass is 19.1. The second kappa shape index (κ2) is 6.53. The molecule has 2 N–H and O–H groups in total. The van der Waals surface area contributed by atoms with Crippen LogP contribution in [0, 0.1) is 12.7 Å². The number of anilines is 1. The van der Waals surface area contributed by atoms with Gasteiger partial charge in [0.1, 0.15) is 5.82 Å². The molecule has 2 rings (SSSR count). The van der Waals surface area contributed by atoms with Crippen LogP contribution in [0.2, 0.25) is 0 Å². The average molecular weight is 296 g/mol. The summed E-state index contributed by atoms with van der Waals surface area (Å²) >= 11 is 0. The van der Waals surface area contributed by atoms with E-state index in [1.54, 1.807) is 19.1 Å². The van der Waals surface area contributed by atoms with E-state index in [1.807, 2.05) is 0 Å². The minimum Gasteiger partial charge on any atom is -0.481 e. The van der Waals surface area contributed by atoms with Crippen LogP contribution in [-0.2, 0) is 9.53 Å². The number of nitrogens with one attached hydrogen (secondary N) is 1. The van der Waals surface area contributed by atoms with Crippen molar-refractivity contribution in [1.82, 2.24) is 4.90 Å². The van der Waals surface area contributed by atoms with Crippen molar-refractivity contribution in [1.29, 1.82) is 0 Å². The lowest BCUT2D eigenvalue weighted by Crippen LogP contribution is -2.48. The minimum absolute atomic E-state index is 0.142. The zero-order chi connectivity index (χ0) is 15.4. The summed E-state index contributed by atoms with van der Waals surface area (Å²) in [6.45, 7) is 2.48. The van der Waals surface area contributed by atoms with Crippen molar-refractivity contribution in [3.63, 3.8) is 0 Å². The standard InChI is InChI=1S/C14H17FN2O4/c1-9-3-2-4-11(15)13(9)16-14(20)17-5-6-21-10(8-17)7-12(18)19/h2-4,10H,5-8H2,1H3,(H,16,20)(H,18,19). The number of carbonyl (C=O) groups is 2. The predicted molar refractivity (Wildman–Crippen MR) is 73.7 cm³/mol. The topological polar surface area (TPSA) is 78.9 Å². The van der Waals surface area contributed by atoms with Gasteiger partial charge in [-0.25, -0.2) is 9.18 Å². The normalized spacial score (nSPS) is 18.4. The van der Waals surface area contributed by atoms with Gasteiger partial charge in [-0.05, 0) is 18.6 Å². The Bertz CT molecular complexity index is 530. The van der Waals surface area contributed by atoms with E-state index < -0.39 is 23.9 Å². The summed E-state index contributed by atoms with van der Waals surface area (Å²) in [6, 6.07) is 4.08. The van der Waals surface area contributed by atoms with Crippen molar-refractivity contribution >= 4 is 17.7 Å². The lowest BCUT2D eigenvalue weighted by atomic mass is 10.2. The first-order chi connectivity index (χ1) is 9.97. The summed E-state index contributed by atoms with van der Waals surface area (Å²) < 4.78 is 19.0. The molecule has 1 saturated heterocycles. The van der Waals surface area contributed by atoms with Gasteiger partial charge in [-0.15, -0.1) is 0 Å². The zero-order valence-electron chi connectivity index (χ0n) is 11.6. The molecule has 1 fully saturated rings. The van der Waals surface area contributed by atoms with Crippen LogP contribution in [0.4, 0.5) is 14.9 Å². The quantitative estimate of drug-likeness (QED) is 0.892. The maximum Gasteiger partial charge on any atom is 0.322 e. The lowest BCUT2D eigenvalue weighted by Gasteiger charge is -2.32. The van der Waals surface area contributed by atoms with Crippen LogP contribution in [0.5, 0.6) is 0 Å². The smallest absolute Gasteiger partial charge is 0.322 e. The van der Waals surface area contributed by atoms with Crippen molar-refractivity contribution in [2.24, 2.45) is 0 Å². The monoisotopic (exact) mass is 296 g/mol. The van der Waals surface area contributed by atoms with E-state index in [9.17, 15) is 14.0 Å². The maximum absolute atomic E-state index is 13.7. The van der Waals surface area contributed by atoms with Crippen LogP contribution in [0.1, 0.15) is 12.0 Å². The van der Waals surface area contributed by atoms with E-state index >= 15 is 0 Å². The molecule has 0 aromatic heterocycles. The Morgan fingerprint density at radius 3 is 2.95 bits per heavy atom. The number of urea groups is 1. The van der Waals surface area contributed by atoms with Crippen LogP contribution in [0.15, 0.2) is 18.2 Å². The number of aliphatic carboxylic acids is 1. The molecular weight excluding hydrogens is 279 g/mol. The van der Waals surface area contributed by atoms with Crippen molar-refractivity contribution in [3.05, 3.63) is 29.6 Å². The van der Waals surface area contributed by atoms with Crippen LogP contribution in [0.3, 0.4) is 0 Å². The molecule has 0 bridgehead atoms. The number of aryl methyl sites for hydroxylation is 1. The predicted octanol–water partition coefficient (Wildman–Crippen LogP) is 1.84. The highest BCUT2D eigenvalue weighted by molar-refractivity contribution is 5.90. The molecule has 0 aliphatic carbocycles. The lowest BCUT2D eigenvalue weighted by molar-refractivity contribution is -0.141. The Hall–Kier alpha value is -2.15. The summed E-state index contributed by atoms with van der Waals surface area (Å²) in [7, 11) is 0. The highest BCUT2D eigenvalue weighted by Crippen LogP contribution is 2.20. The van der Waals surface area contributed by atoms with Gasteiger partial charge in [0.15, 0.2) is 0 Å². The van der Waals surface area contributed by atoms with Crippen molar-refractivity contribution in [2.45, 2.75) is 19.4 Å². The molecule has 0 saturated carbocycles. The fraction of sp³-hybridized carbons (Fsp3) is 0.429. The van der Waals surface area contributed by atoms with Gasteiger partial charge in [-0.1, -0.05) is 12.1 Å². The highest BCUT2D eigenvalue weighted by Gasteiger charge is 2.26. The SMILES string of the molecule is Cc1cccc(F)c1NC(=O)N1CCOC(CC(=O)O)C1. The Morgan fingerprint density at radius 1 is 1.52 bits per heavy atom. The molecule has 1 unspecified atom stereocenters. The molecule has 0 radical (unpaired) electrons. The number of carboxylic acids is 1. The molecular formula is C14H17FN2O4. The van der Waals surface area contributed by atoms with E-state index in [0.29, 0.717) is 12.1 Å². The van der Waals surface area contributed by atoms with E-state index in [4.69, 9.17) is 9.84 Å². The first-order valence-electron chi connectivity index (χ1n) is 6.62. The molecule has 7 heteroatoms. The van der Waals surface area contributed by atoms with Gasteiger partial charge in [0.05, 0.1) is 24.8 Å². The molecule has 1 aromatic rings. The molecule has 1 atom stereocenters. The van der Waals surface area contributed by atoms with Crippen molar-refractivity contribution in [2.75, 3.05) is 25.0 Å². The third-order valence-electron chi connectivity index (χ3n) is 3.28. The number of benzene rings is 1. The largest absolute Gasteiger partial charge is 0.481 e. The maximum atomic E-state index is 13.7. The second-order valence-corrected chi connectivity index (χ2v) is 4.90. The Labute approximate surface area is 121 Å². The van der Waals surface area contributed by atoms with Gasteiger partial charge in [-0.3, -0.25) is 4.79 Å². The Morgan fingerprint density at radius 2 is 2.29 bits per heavy atom. The zero-order valence-corrected chi connectivity index (χ0v) is 11.6. The number of morpholine rings is 1. The van der Waals surface area contributed by atoms with Crippen molar-refractivity contribution in [3.8, 4) is 0 Å². The third-order valence-corrected chi connectivity index (χ3v) is 3.28. The number of hydrogen-bond acceptors (Lipinski definition) is 3. The van der Waals surface area contributed by atoms with Gasteiger partial charge in [0.25, 0.3) is 0 Å². The molecule has 1 aromatic carbocycles. The van der Waals surface area contributed by atoms with Gasteiger partial charge >= 0.3 is 12.0 Å². The van der Waals surface area contributed by atoms with Crippen LogP contribution in [-0.4, -0.2) is 47.8 Å². The van der Waals surface area contributed by atoms with Gasteiger partial charge in [-0.2, -0.15) is 0 Å².